The third-order valence-electron chi connectivity index (χ3n) is 7.47. The summed E-state index contributed by atoms with van der Waals surface area (Å²) >= 11 is 0. The zero-order chi connectivity index (χ0) is 30.3. The van der Waals surface area contributed by atoms with Gasteiger partial charge in [0.15, 0.2) is 28.8 Å². The van der Waals surface area contributed by atoms with Gasteiger partial charge in [-0.05, 0) is 68.8 Å². The second-order valence-electron chi connectivity index (χ2n) is 10.5. The Kier molecular flexibility index (Phi) is 8.93. The number of halogens is 1. The first-order valence-corrected chi connectivity index (χ1v) is 14.7. The van der Waals surface area contributed by atoms with Gasteiger partial charge >= 0.3 is 0 Å². The predicted molar refractivity (Wildman–Crippen MR) is 164 cm³/mol. The molecule has 1 N–H and O–H groups in total. The molecule has 10 nitrogen and oxygen atoms in total. The average molecular weight is 597 g/mol. The molecule has 1 amide bonds. The first-order valence-electron chi connectivity index (χ1n) is 14.7. The monoisotopic (exact) mass is 596 g/mol. The molecule has 3 aromatic carbocycles. The molecule has 0 aliphatic carbocycles. The molecule has 2 aromatic heterocycles. The number of fused-ring (bicyclic) bond motifs is 1. The van der Waals surface area contributed by atoms with Crippen LogP contribution in [0.1, 0.15) is 36.2 Å². The van der Waals surface area contributed by atoms with Crippen LogP contribution in [-0.4, -0.2) is 64.1 Å². The number of nitrogens with zero attached hydrogens (tertiary/aromatic N) is 5. The quantitative estimate of drug-likeness (QED) is 0.178. The van der Waals surface area contributed by atoms with Crippen molar-refractivity contribution in [1.82, 2.24) is 24.9 Å². The molecule has 5 aromatic rings. The predicted octanol–water partition coefficient (Wildman–Crippen LogP) is 6.26. The average Bonchev–Trinajstić information content (AvgIpc) is 3.56. The van der Waals surface area contributed by atoms with Crippen LogP contribution in [-0.2, 0) is 0 Å². The smallest absolute Gasteiger partial charge is 0.277 e. The van der Waals surface area contributed by atoms with Crippen molar-refractivity contribution < 1.29 is 23.4 Å². The number of benzene rings is 3. The second kappa shape index (κ2) is 13.5. The maximum Gasteiger partial charge on any atom is 0.277 e. The van der Waals surface area contributed by atoms with Crippen molar-refractivity contribution in [1.29, 1.82) is 0 Å². The van der Waals surface area contributed by atoms with E-state index in [4.69, 9.17) is 14.2 Å². The summed E-state index contributed by atoms with van der Waals surface area (Å²) in [5.74, 6) is 0.355. The molecule has 0 bridgehead atoms. The van der Waals surface area contributed by atoms with Crippen molar-refractivity contribution in [3.8, 4) is 28.7 Å². The van der Waals surface area contributed by atoms with Crippen LogP contribution in [0, 0.1) is 5.82 Å². The summed E-state index contributed by atoms with van der Waals surface area (Å²) in [6, 6.07) is 18.7. The number of hydrogen-bond acceptors (Lipinski definition) is 8. The fourth-order valence-corrected chi connectivity index (χ4v) is 5.19. The van der Waals surface area contributed by atoms with E-state index >= 15 is 4.39 Å². The zero-order valence-corrected chi connectivity index (χ0v) is 24.4. The Morgan fingerprint density at radius 1 is 0.955 bits per heavy atom. The highest BCUT2D eigenvalue weighted by molar-refractivity contribution is 6.02. The number of pyridine rings is 1. The van der Waals surface area contributed by atoms with Crippen LogP contribution in [0.4, 0.5) is 10.1 Å². The van der Waals surface area contributed by atoms with Crippen LogP contribution in [0.15, 0.2) is 79.1 Å². The van der Waals surface area contributed by atoms with Gasteiger partial charge in [-0.1, -0.05) is 29.8 Å². The zero-order valence-electron chi connectivity index (χ0n) is 24.4. The van der Waals surface area contributed by atoms with Crippen LogP contribution in [0.25, 0.3) is 16.6 Å². The Morgan fingerprint density at radius 2 is 1.80 bits per heavy atom. The third-order valence-corrected chi connectivity index (χ3v) is 7.47. The fraction of sp³-hybridized carbons (Fsp3) is 0.273. The summed E-state index contributed by atoms with van der Waals surface area (Å²) < 4.78 is 34.3. The molecule has 0 radical (unpaired) electrons. The van der Waals surface area contributed by atoms with E-state index in [1.54, 1.807) is 31.5 Å². The van der Waals surface area contributed by atoms with E-state index in [1.165, 1.54) is 42.3 Å². The number of methoxy groups -OCH3 is 1. The van der Waals surface area contributed by atoms with E-state index in [9.17, 15) is 4.79 Å². The van der Waals surface area contributed by atoms with Crippen LogP contribution < -0.4 is 19.5 Å². The molecule has 0 unspecified atom stereocenters. The highest BCUT2D eigenvalue weighted by Crippen LogP contribution is 2.38. The maximum absolute atomic E-state index is 15.2. The first kappa shape index (κ1) is 29.1. The molecule has 1 aliphatic rings. The van der Waals surface area contributed by atoms with Gasteiger partial charge in [-0.3, -0.25) is 9.78 Å². The van der Waals surface area contributed by atoms with E-state index in [1.807, 2.05) is 36.4 Å². The van der Waals surface area contributed by atoms with Crippen LogP contribution in [0.2, 0.25) is 0 Å². The number of ether oxygens (including phenoxy) is 3. The summed E-state index contributed by atoms with van der Waals surface area (Å²) in [5.41, 5.74) is 1.73. The van der Waals surface area contributed by atoms with Crippen molar-refractivity contribution in [2.75, 3.05) is 38.7 Å². The van der Waals surface area contributed by atoms with Gasteiger partial charge in [0.2, 0.25) is 0 Å². The van der Waals surface area contributed by atoms with Gasteiger partial charge in [0.05, 0.1) is 31.1 Å². The molecule has 1 fully saturated rings. The molecule has 0 spiro atoms. The minimum atomic E-state index is -0.652. The summed E-state index contributed by atoms with van der Waals surface area (Å²) in [5, 5.41) is 11.2. The van der Waals surface area contributed by atoms with Crippen molar-refractivity contribution in [2.24, 2.45) is 0 Å². The van der Waals surface area contributed by atoms with E-state index in [0.29, 0.717) is 34.8 Å². The molecule has 0 atom stereocenters. The minimum Gasteiger partial charge on any atom is -0.493 e. The number of aromatic nitrogens is 4. The Balaban J connectivity index is 1.12. The minimum absolute atomic E-state index is 0.0115. The maximum atomic E-state index is 15.2. The standard InChI is InChI=1S/C33H33FN6O4/c1-42-31-20-25-27(21-32(31)43-18-8-17-39-15-6-3-7-16-39)35-14-13-29(25)44-30-12-11-23(19-26(30)34)36-33(41)28-22-40(38-37-28)24-9-4-2-5-10-24/h2,4-5,9-14,19-22H,3,6-8,15-18H2,1H3,(H,36,41). The van der Waals surface area contributed by atoms with E-state index < -0.39 is 11.7 Å². The number of hydrogen-bond donors (Lipinski definition) is 1. The van der Waals surface area contributed by atoms with E-state index in [-0.39, 0.29) is 17.1 Å². The fourth-order valence-electron chi connectivity index (χ4n) is 5.19. The summed E-state index contributed by atoms with van der Waals surface area (Å²) in [6.45, 7) is 3.89. The van der Waals surface area contributed by atoms with Crippen LogP contribution in [0.5, 0.6) is 23.0 Å². The Labute approximate surface area is 254 Å². The number of carbonyl (C=O) groups is 1. The van der Waals surface area contributed by atoms with Gasteiger partial charge in [0, 0.05) is 35.9 Å². The third kappa shape index (κ3) is 6.78. The van der Waals surface area contributed by atoms with Gasteiger partial charge in [0.25, 0.3) is 5.91 Å². The number of anilines is 1. The Morgan fingerprint density at radius 3 is 2.59 bits per heavy atom. The summed E-state index contributed by atoms with van der Waals surface area (Å²) in [4.78, 5) is 19.7. The van der Waals surface area contributed by atoms with Gasteiger partial charge < -0.3 is 24.4 Å². The number of carbonyl (C=O) groups excluding carboxylic acids is 1. The van der Waals surface area contributed by atoms with E-state index in [2.05, 4.69) is 25.5 Å². The number of rotatable bonds is 11. The van der Waals surface area contributed by atoms with Crippen LogP contribution in [0.3, 0.4) is 0 Å². The molecule has 1 aliphatic heterocycles. The number of amides is 1. The lowest BCUT2D eigenvalue weighted by atomic mass is 10.1. The SMILES string of the molecule is COc1cc2c(Oc3ccc(NC(=O)c4cn(-c5ccccc5)nn4)cc3F)ccnc2cc1OCCCN1CCCCC1. The molecular weight excluding hydrogens is 563 g/mol. The van der Waals surface area contributed by atoms with Crippen molar-refractivity contribution >= 4 is 22.5 Å². The number of para-hydroxylation sites is 1. The van der Waals surface area contributed by atoms with Gasteiger partial charge in [-0.2, -0.15) is 0 Å². The first-order chi connectivity index (χ1) is 21.6. The van der Waals surface area contributed by atoms with E-state index in [0.717, 1.165) is 31.7 Å². The molecule has 0 saturated carbocycles. The second-order valence-corrected chi connectivity index (χ2v) is 10.5. The molecule has 3 heterocycles. The van der Waals surface area contributed by atoms with Gasteiger partial charge in [-0.15, -0.1) is 5.10 Å². The summed E-state index contributed by atoms with van der Waals surface area (Å²) in [7, 11) is 1.58. The summed E-state index contributed by atoms with van der Waals surface area (Å²) in [6.07, 6.45) is 7.87. The molecule has 1 saturated heterocycles. The highest BCUT2D eigenvalue weighted by atomic mass is 19.1. The molecule has 6 rings (SSSR count). The van der Waals surface area contributed by atoms with Crippen molar-refractivity contribution in [3.05, 3.63) is 90.6 Å². The Hall–Kier alpha value is -5.03. The highest BCUT2D eigenvalue weighted by Gasteiger charge is 2.16. The lowest BCUT2D eigenvalue weighted by Crippen LogP contribution is -2.31. The number of likely N-dealkylation sites (tertiary alicyclic amines) is 1. The normalized spacial score (nSPS) is 13.5. The van der Waals surface area contributed by atoms with Crippen LogP contribution >= 0.6 is 0 Å². The molecule has 11 heteroatoms. The number of piperidine rings is 1. The molecule has 226 valence electrons. The molecule has 44 heavy (non-hydrogen) atoms. The van der Waals surface area contributed by atoms with Crippen molar-refractivity contribution in [3.63, 3.8) is 0 Å². The molecular formula is C33H33FN6O4. The van der Waals surface area contributed by atoms with Crippen molar-refractivity contribution in [2.45, 2.75) is 25.7 Å². The largest absolute Gasteiger partial charge is 0.493 e. The topological polar surface area (TPSA) is 104 Å². The van der Waals surface area contributed by atoms with Gasteiger partial charge in [0.1, 0.15) is 5.75 Å². The number of nitrogens with one attached hydrogen (secondary N) is 1. The lowest BCUT2D eigenvalue weighted by molar-refractivity contribution is 0.102. The Bertz CT molecular complexity index is 1740. The van der Waals surface area contributed by atoms with Gasteiger partial charge in [-0.25, -0.2) is 9.07 Å². The lowest BCUT2D eigenvalue weighted by Gasteiger charge is -2.26.